The minimum absolute atomic E-state index is 0.0922. The van der Waals surface area contributed by atoms with E-state index >= 15 is 0 Å². The van der Waals surface area contributed by atoms with E-state index in [-0.39, 0.29) is 30.1 Å². The van der Waals surface area contributed by atoms with Gasteiger partial charge in [-0.25, -0.2) is 4.98 Å². The van der Waals surface area contributed by atoms with Crippen molar-refractivity contribution >= 4 is 50.1 Å². The summed E-state index contributed by atoms with van der Waals surface area (Å²) in [5.41, 5.74) is 2.28. The number of nitrogens with one attached hydrogen (secondary N) is 3. The van der Waals surface area contributed by atoms with Gasteiger partial charge in [-0.1, -0.05) is 55.5 Å². The van der Waals surface area contributed by atoms with Crippen LogP contribution < -0.4 is 16.0 Å². The molecule has 2 aromatic carbocycles. The van der Waals surface area contributed by atoms with E-state index in [2.05, 4.69) is 20.9 Å². The zero-order chi connectivity index (χ0) is 21.7. The summed E-state index contributed by atoms with van der Waals surface area (Å²) in [6.45, 7) is 5.21. The van der Waals surface area contributed by atoms with Crippen LogP contribution in [-0.2, 0) is 20.8 Å². The number of carbonyl (C=O) groups is 3. The van der Waals surface area contributed by atoms with Crippen molar-refractivity contribution in [2.45, 2.75) is 33.2 Å². The number of carbonyl (C=O) groups excluding carboxylic acids is 3. The van der Waals surface area contributed by atoms with Crippen LogP contribution in [-0.4, -0.2) is 28.7 Å². The van der Waals surface area contributed by atoms with Gasteiger partial charge in [0.25, 0.3) is 0 Å². The molecular formula is C22H24N4O3S. The normalized spacial score (nSPS) is 11.9. The summed E-state index contributed by atoms with van der Waals surface area (Å²) in [6.07, 6.45) is 0.213. The molecule has 3 rings (SSSR count). The largest absolute Gasteiger partial charge is 0.344 e. The van der Waals surface area contributed by atoms with Crippen LogP contribution in [0.3, 0.4) is 0 Å². The Bertz CT molecular complexity index is 1060. The number of fused-ring (bicyclic) bond motifs is 1. The van der Waals surface area contributed by atoms with Gasteiger partial charge < -0.3 is 16.0 Å². The molecule has 30 heavy (non-hydrogen) atoms. The predicted octanol–water partition coefficient (Wildman–Crippen LogP) is 3.58. The average Bonchev–Trinajstić information content (AvgIpc) is 3.07. The number of benzene rings is 2. The number of thiazole rings is 1. The van der Waals surface area contributed by atoms with Crippen LogP contribution in [0.25, 0.3) is 10.2 Å². The van der Waals surface area contributed by atoms with Gasteiger partial charge in [0.05, 0.1) is 16.6 Å². The van der Waals surface area contributed by atoms with E-state index in [0.29, 0.717) is 10.8 Å². The van der Waals surface area contributed by atoms with Crippen LogP contribution in [0, 0.1) is 5.92 Å². The summed E-state index contributed by atoms with van der Waals surface area (Å²) in [6, 6.07) is 14.1. The van der Waals surface area contributed by atoms with Crippen LogP contribution in [0.2, 0.25) is 0 Å². The second-order valence-electron chi connectivity index (χ2n) is 7.32. The highest BCUT2D eigenvalue weighted by Crippen LogP contribution is 2.28. The molecular weight excluding hydrogens is 400 g/mol. The number of aromatic nitrogens is 1. The number of hydrogen-bond donors (Lipinski definition) is 3. The summed E-state index contributed by atoms with van der Waals surface area (Å²) in [4.78, 5) is 40.9. The zero-order valence-corrected chi connectivity index (χ0v) is 17.9. The average molecular weight is 425 g/mol. The highest BCUT2D eigenvalue weighted by atomic mass is 32.1. The Balaban J connectivity index is 1.68. The highest BCUT2D eigenvalue weighted by molar-refractivity contribution is 7.22. The van der Waals surface area contributed by atoms with Crippen LogP contribution in [0.5, 0.6) is 0 Å². The molecule has 156 valence electrons. The molecule has 8 heteroatoms. The van der Waals surface area contributed by atoms with Gasteiger partial charge in [-0.05, 0) is 29.7 Å². The molecule has 3 N–H and O–H groups in total. The van der Waals surface area contributed by atoms with Gasteiger partial charge in [0.2, 0.25) is 17.7 Å². The van der Waals surface area contributed by atoms with E-state index in [1.54, 1.807) is 12.1 Å². The maximum Gasteiger partial charge on any atom is 0.248 e. The lowest BCUT2D eigenvalue weighted by molar-refractivity contribution is -0.127. The molecule has 3 aromatic rings. The van der Waals surface area contributed by atoms with E-state index in [1.807, 2.05) is 50.2 Å². The molecule has 0 spiro atoms. The fraction of sp³-hybridized carbons (Fsp3) is 0.273. The molecule has 0 aliphatic rings. The van der Waals surface area contributed by atoms with E-state index in [0.717, 1.165) is 15.8 Å². The minimum Gasteiger partial charge on any atom is -0.344 e. The van der Waals surface area contributed by atoms with Crippen molar-refractivity contribution in [1.82, 2.24) is 10.3 Å². The zero-order valence-electron chi connectivity index (χ0n) is 17.1. The Morgan fingerprint density at radius 2 is 1.77 bits per heavy atom. The van der Waals surface area contributed by atoms with Crippen molar-refractivity contribution in [3.05, 3.63) is 54.1 Å². The molecule has 0 aliphatic carbocycles. The minimum atomic E-state index is -0.678. The number of rotatable bonds is 7. The van der Waals surface area contributed by atoms with Crippen LogP contribution in [0.4, 0.5) is 10.8 Å². The van der Waals surface area contributed by atoms with Crippen molar-refractivity contribution in [2.24, 2.45) is 5.92 Å². The third-order valence-corrected chi connectivity index (χ3v) is 5.35. The lowest BCUT2D eigenvalue weighted by Gasteiger charge is -2.21. The first-order valence-corrected chi connectivity index (χ1v) is 10.5. The number of anilines is 2. The number of amides is 3. The monoisotopic (exact) mass is 424 g/mol. The van der Waals surface area contributed by atoms with Gasteiger partial charge in [0.1, 0.15) is 6.04 Å². The van der Waals surface area contributed by atoms with Gasteiger partial charge in [0, 0.05) is 12.6 Å². The van der Waals surface area contributed by atoms with E-state index in [4.69, 9.17) is 0 Å². The van der Waals surface area contributed by atoms with Crippen molar-refractivity contribution in [3.8, 4) is 0 Å². The third kappa shape index (κ3) is 5.64. The van der Waals surface area contributed by atoms with E-state index < -0.39 is 6.04 Å². The van der Waals surface area contributed by atoms with Crippen molar-refractivity contribution in [3.63, 3.8) is 0 Å². The molecule has 0 bridgehead atoms. The van der Waals surface area contributed by atoms with Crippen LogP contribution in [0.15, 0.2) is 48.5 Å². The molecule has 1 heterocycles. The van der Waals surface area contributed by atoms with E-state index in [1.165, 1.54) is 18.3 Å². The summed E-state index contributed by atoms with van der Waals surface area (Å²) in [5.74, 6) is -0.768. The molecule has 1 unspecified atom stereocenters. The molecule has 0 aliphatic heterocycles. The van der Waals surface area contributed by atoms with Gasteiger partial charge in [-0.2, -0.15) is 0 Å². The Hall–Kier alpha value is -3.26. The van der Waals surface area contributed by atoms with Gasteiger partial charge in [-0.15, -0.1) is 0 Å². The highest BCUT2D eigenvalue weighted by Gasteiger charge is 2.25. The maximum atomic E-state index is 12.8. The molecule has 0 saturated carbocycles. The van der Waals surface area contributed by atoms with Crippen molar-refractivity contribution < 1.29 is 14.4 Å². The topological polar surface area (TPSA) is 100 Å². The van der Waals surface area contributed by atoms with Crippen LogP contribution in [0.1, 0.15) is 26.3 Å². The number of nitrogens with zero attached hydrogens (tertiary/aromatic N) is 1. The SMILES string of the molecule is CC(=O)Nc1ccc2nc(NC(=O)C(NC(=O)Cc3ccccc3)C(C)C)sc2c1. The molecule has 0 saturated heterocycles. The second kappa shape index (κ2) is 9.49. The Kier molecular flexibility index (Phi) is 6.79. The molecule has 1 aromatic heterocycles. The first-order chi connectivity index (χ1) is 14.3. The van der Waals surface area contributed by atoms with Crippen molar-refractivity contribution in [2.75, 3.05) is 10.6 Å². The maximum absolute atomic E-state index is 12.8. The molecule has 3 amide bonds. The third-order valence-electron chi connectivity index (χ3n) is 4.41. The lowest BCUT2D eigenvalue weighted by atomic mass is 10.0. The van der Waals surface area contributed by atoms with Crippen LogP contribution >= 0.6 is 11.3 Å². The second-order valence-corrected chi connectivity index (χ2v) is 8.35. The predicted molar refractivity (Wildman–Crippen MR) is 119 cm³/mol. The summed E-state index contributed by atoms with van der Waals surface area (Å²) < 4.78 is 0.839. The van der Waals surface area contributed by atoms with Crippen molar-refractivity contribution in [1.29, 1.82) is 0 Å². The fourth-order valence-corrected chi connectivity index (χ4v) is 3.89. The quantitative estimate of drug-likeness (QED) is 0.540. The summed E-state index contributed by atoms with van der Waals surface area (Å²) in [5, 5.41) is 8.81. The Labute approximate surface area is 178 Å². The Morgan fingerprint density at radius 3 is 2.43 bits per heavy atom. The molecule has 1 atom stereocenters. The van der Waals surface area contributed by atoms with Gasteiger partial charge in [-0.3, -0.25) is 14.4 Å². The molecule has 0 fully saturated rings. The fourth-order valence-electron chi connectivity index (χ4n) is 2.98. The summed E-state index contributed by atoms with van der Waals surface area (Å²) in [7, 11) is 0. The summed E-state index contributed by atoms with van der Waals surface area (Å²) >= 11 is 1.31. The smallest absolute Gasteiger partial charge is 0.248 e. The first-order valence-electron chi connectivity index (χ1n) is 9.64. The molecule has 7 nitrogen and oxygen atoms in total. The van der Waals surface area contributed by atoms with Gasteiger partial charge >= 0.3 is 0 Å². The first kappa shape index (κ1) is 21.4. The van der Waals surface area contributed by atoms with Gasteiger partial charge in [0.15, 0.2) is 5.13 Å². The lowest BCUT2D eigenvalue weighted by Crippen LogP contribution is -2.47. The number of hydrogen-bond acceptors (Lipinski definition) is 5. The molecule has 0 radical (unpaired) electrons. The van der Waals surface area contributed by atoms with E-state index in [9.17, 15) is 14.4 Å². The standard InChI is InChI=1S/C22H24N4O3S/c1-13(2)20(25-19(28)11-15-7-5-4-6-8-15)21(29)26-22-24-17-10-9-16(23-14(3)27)12-18(17)30-22/h4-10,12-13,20H,11H2,1-3H3,(H,23,27)(H,25,28)(H,24,26,29). The Morgan fingerprint density at radius 1 is 1.03 bits per heavy atom.